The van der Waals surface area contributed by atoms with Crippen molar-refractivity contribution in [3.63, 3.8) is 0 Å². The Bertz CT molecular complexity index is 1030. The molecule has 27 heavy (non-hydrogen) atoms. The average Bonchev–Trinajstić information content (AvgIpc) is 3.37. The van der Waals surface area contributed by atoms with E-state index in [4.69, 9.17) is 9.72 Å². The van der Waals surface area contributed by atoms with E-state index < -0.39 is 0 Å². The summed E-state index contributed by atoms with van der Waals surface area (Å²) in [5, 5.41) is 3.05. The number of nitrogens with zero attached hydrogens (tertiary/aromatic N) is 2. The smallest absolute Gasteiger partial charge is 0.255 e. The van der Waals surface area contributed by atoms with Crippen LogP contribution >= 0.6 is 11.3 Å². The van der Waals surface area contributed by atoms with Gasteiger partial charge in [-0.2, -0.15) is 0 Å². The van der Waals surface area contributed by atoms with E-state index in [0.29, 0.717) is 26.3 Å². The highest BCUT2D eigenvalue weighted by Gasteiger charge is 2.29. The number of benzene rings is 1. The van der Waals surface area contributed by atoms with Gasteiger partial charge in [0.25, 0.3) is 5.91 Å². The van der Waals surface area contributed by atoms with Crippen LogP contribution in [0, 0.1) is 0 Å². The maximum atomic E-state index is 13.4. The lowest BCUT2D eigenvalue weighted by molar-refractivity contribution is 0.0303. The molecule has 0 atom stereocenters. The molecule has 5 heteroatoms. The first kappa shape index (κ1) is 16.7. The van der Waals surface area contributed by atoms with Crippen LogP contribution in [0.25, 0.3) is 22.6 Å². The number of morpholine rings is 1. The number of carbonyl (C=O) groups excluding carboxylic acids is 1. The molecule has 4 nitrogen and oxygen atoms in total. The first-order valence-corrected chi connectivity index (χ1v) is 10.2. The first-order valence-electron chi connectivity index (χ1n) is 9.34. The van der Waals surface area contributed by atoms with Gasteiger partial charge in [0.1, 0.15) is 0 Å². The van der Waals surface area contributed by atoms with Crippen molar-refractivity contribution in [2.45, 2.75) is 12.8 Å². The number of pyridine rings is 1. The summed E-state index contributed by atoms with van der Waals surface area (Å²) in [6.07, 6.45) is 4.02. The van der Waals surface area contributed by atoms with Crippen LogP contribution in [0.1, 0.15) is 32.9 Å². The number of thiophene rings is 1. The van der Waals surface area contributed by atoms with Gasteiger partial charge in [-0.05, 0) is 47.6 Å². The molecule has 3 heterocycles. The second kappa shape index (κ2) is 6.91. The number of rotatable bonds is 2. The number of fused-ring (bicyclic) bond motifs is 2. The topological polar surface area (TPSA) is 42.4 Å². The van der Waals surface area contributed by atoms with Gasteiger partial charge < -0.3 is 9.64 Å². The highest BCUT2D eigenvalue weighted by Crippen LogP contribution is 2.38. The molecule has 1 saturated heterocycles. The first-order chi connectivity index (χ1) is 13.3. The molecular formula is C22H20N2O2S. The summed E-state index contributed by atoms with van der Waals surface area (Å²) in [6.45, 7) is 2.53. The summed E-state index contributed by atoms with van der Waals surface area (Å²) in [4.78, 5) is 21.5. The molecule has 1 aliphatic heterocycles. The normalized spacial score (nSPS) is 18.2. The van der Waals surface area contributed by atoms with Gasteiger partial charge in [0.2, 0.25) is 0 Å². The molecule has 3 aromatic rings. The Kier molecular flexibility index (Phi) is 4.26. The van der Waals surface area contributed by atoms with E-state index in [-0.39, 0.29) is 5.91 Å². The van der Waals surface area contributed by atoms with Crippen LogP contribution in [0.2, 0.25) is 0 Å². The van der Waals surface area contributed by atoms with Gasteiger partial charge in [0, 0.05) is 23.4 Å². The number of carbonyl (C=O) groups is 1. The molecule has 1 amide bonds. The highest BCUT2D eigenvalue weighted by atomic mass is 32.1. The molecule has 0 N–H and O–H groups in total. The summed E-state index contributed by atoms with van der Waals surface area (Å²) < 4.78 is 5.43. The zero-order valence-corrected chi connectivity index (χ0v) is 15.8. The molecule has 5 rings (SSSR count). The number of hydrogen-bond donors (Lipinski definition) is 0. The van der Waals surface area contributed by atoms with Crippen LogP contribution in [-0.2, 0) is 11.2 Å². The van der Waals surface area contributed by atoms with Crippen LogP contribution in [0.4, 0.5) is 0 Å². The fraction of sp³-hybridized carbons (Fsp3) is 0.273. The van der Waals surface area contributed by atoms with Gasteiger partial charge in [0.05, 0.1) is 30.0 Å². The molecule has 0 spiro atoms. The monoisotopic (exact) mass is 376 g/mol. The van der Waals surface area contributed by atoms with E-state index in [1.807, 2.05) is 29.2 Å². The third-order valence-electron chi connectivity index (χ3n) is 5.31. The molecule has 2 aromatic heterocycles. The summed E-state index contributed by atoms with van der Waals surface area (Å²) in [6, 6.07) is 12.2. The minimum Gasteiger partial charge on any atom is -0.378 e. The molecule has 0 unspecified atom stereocenters. The predicted molar refractivity (Wildman–Crippen MR) is 109 cm³/mol. The van der Waals surface area contributed by atoms with Crippen LogP contribution in [0.3, 0.4) is 0 Å². The SMILES string of the molecule is O=C(c1c2c(nc3ccccc13)/C(=C/c1cccs1)CC2)N1CCOCC1. The lowest BCUT2D eigenvalue weighted by Crippen LogP contribution is -2.41. The standard InChI is InChI=1S/C22H20N2O2S/c25-22(24-9-11-26-12-10-24)20-17-5-1-2-6-19(17)23-21-15(7-8-18(20)21)14-16-4-3-13-27-16/h1-6,13-14H,7-12H2/b15-14+. The minimum atomic E-state index is 0.116. The van der Waals surface area contributed by atoms with Gasteiger partial charge in [-0.3, -0.25) is 4.79 Å². The minimum absolute atomic E-state index is 0.116. The van der Waals surface area contributed by atoms with Gasteiger partial charge in [-0.1, -0.05) is 24.3 Å². The Labute approximate surface area is 162 Å². The van der Waals surface area contributed by atoms with Crippen molar-refractivity contribution in [3.05, 3.63) is 63.5 Å². The van der Waals surface area contributed by atoms with Crippen LogP contribution in [0.15, 0.2) is 41.8 Å². The molecule has 2 aliphatic rings. The predicted octanol–water partition coefficient (Wildman–Crippen LogP) is 4.26. The van der Waals surface area contributed by atoms with Crippen molar-refractivity contribution in [2.75, 3.05) is 26.3 Å². The van der Waals surface area contributed by atoms with E-state index in [1.54, 1.807) is 11.3 Å². The molecule has 1 fully saturated rings. The van der Waals surface area contributed by atoms with Crippen LogP contribution in [0.5, 0.6) is 0 Å². The van der Waals surface area contributed by atoms with Gasteiger partial charge in [0.15, 0.2) is 0 Å². The van der Waals surface area contributed by atoms with Gasteiger partial charge in [-0.15, -0.1) is 11.3 Å². The lowest BCUT2D eigenvalue weighted by atomic mass is 9.99. The van der Waals surface area contributed by atoms with Crippen molar-refractivity contribution in [2.24, 2.45) is 0 Å². The summed E-state index contributed by atoms with van der Waals surface area (Å²) >= 11 is 1.73. The fourth-order valence-corrected chi connectivity index (χ4v) is 4.67. The Morgan fingerprint density at radius 3 is 2.78 bits per heavy atom. The van der Waals surface area contributed by atoms with Gasteiger partial charge >= 0.3 is 0 Å². The van der Waals surface area contributed by atoms with Crippen LogP contribution in [-0.4, -0.2) is 42.1 Å². The number of aromatic nitrogens is 1. The third-order valence-corrected chi connectivity index (χ3v) is 6.13. The van der Waals surface area contributed by atoms with Crippen molar-refractivity contribution < 1.29 is 9.53 Å². The Balaban J connectivity index is 1.67. The quantitative estimate of drug-likeness (QED) is 0.671. The number of para-hydroxylation sites is 1. The van der Waals surface area contributed by atoms with E-state index in [0.717, 1.165) is 40.6 Å². The molecule has 0 bridgehead atoms. The van der Waals surface area contributed by atoms with Crippen molar-refractivity contribution in [1.29, 1.82) is 0 Å². The molecule has 1 aromatic carbocycles. The van der Waals surface area contributed by atoms with E-state index in [2.05, 4.69) is 23.6 Å². The lowest BCUT2D eigenvalue weighted by Gasteiger charge is -2.28. The molecule has 1 aliphatic carbocycles. The molecule has 0 saturated carbocycles. The van der Waals surface area contributed by atoms with Crippen molar-refractivity contribution in [3.8, 4) is 0 Å². The van der Waals surface area contributed by atoms with Crippen molar-refractivity contribution in [1.82, 2.24) is 9.88 Å². The number of hydrogen-bond acceptors (Lipinski definition) is 4. The summed E-state index contributed by atoms with van der Waals surface area (Å²) in [7, 11) is 0. The average molecular weight is 376 g/mol. The zero-order valence-electron chi connectivity index (χ0n) is 15.0. The summed E-state index contributed by atoms with van der Waals surface area (Å²) in [5.41, 5.74) is 5.07. The Morgan fingerprint density at radius 2 is 1.96 bits per heavy atom. The van der Waals surface area contributed by atoms with Crippen LogP contribution < -0.4 is 0 Å². The van der Waals surface area contributed by atoms with E-state index in [9.17, 15) is 4.79 Å². The highest BCUT2D eigenvalue weighted by molar-refractivity contribution is 7.10. The second-order valence-corrected chi connectivity index (χ2v) is 7.90. The van der Waals surface area contributed by atoms with E-state index in [1.165, 1.54) is 10.5 Å². The van der Waals surface area contributed by atoms with E-state index >= 15 is 0 Å². The Morgan fingerprint density at radius 1 is 1.11 bits per heavy atom. The zero-order chi connectivity index (χ0) is 18.2. The number of allylic oxidation sites excluding steroid dienone is 1. The summed E-state index contributed by atoms with van der Waals surface area (Å²) in [5.74, 6) is 0.116. The molecular weight excluding hydrogens is 356 g/mol. The molecule has 0 radical (unpaired) electrons. The third kappa shape index (κ3) is 2.97. The fourth-order valence-electron chi connectivity index (χ4n) is 3.99. The largest absolute Gasteiger partial charge is 0.378 e. The number of amides is 1. The number of ether oxygens (including phenoxy) is 1. The second-order valence-electron chi connectivity index (χ2n) is 6.92. The Hall–Kier alpha value is -2.50. The molecule has 136 valence electrons. The maximum absolute atomic E-state index is 13.4. The van der Waals surface area contributed by atoms with Gasteiger partial charge in [-0.25, -0.2) is 4.98 Å². The van der Waals surface area contributed by atoms with Crippen molar-refractivity contribution >= 4 is 39.8 Å². The maximum Gasteiger partial charge on any atom is 0.255 e.